The summed E-state index contributed by atoms with van der Waals surface area (Å²) in [4.78, 5) is 35.0. The number of hydrogen-bond donors (Lipinski definition) is 3. The van der Waals surface area contributed by atoms with Crippen LogP contribution in [-0.2, 0) is 10.0 Å². The number of amides is 1. The average Bonchev–Trinajstić information content (AvgIpc) is 3.99. The minimum Gasteiger partial charge on any atom is -0.456 e. The number of hydrogen-bond acceptors (Lipinski definition) is 11. The lowest BCUT2D eigenvalue weighted by Crippen LogP contribution is -2.47. The number of benzene rings is 4. The molecule has 0 bridgehead atoms. The number of nitrogens with zero attached hydrogens (tertiary/aromatic N) is 4. The lowest BCUT2D eigenvalue weighted by atomic mass is 9.72. The van der Waals surface area contributed by atoms with E-state index < -0.39 is 37.8 Å². The highest BCUT2D eigenvalue weighted by molar-refractivity contribution is 7.90. The molecule has 4 aromatic carbocycles. The molecule has 3 aliphatic rings. The number of nitro benzene ring substituents is 1. The molecule has 0 spiro atoms. The predicted molar refractivity (Wildman–Crippen MR) is 248 cm³/mol. The van der Waals surface area contributed by atoms with E-state index in [4.69, 9.17) is 4.74 Å². The molecule has 1 aliphatic carbocycles. The van der Waals surface area contributed by atoms with Crippen LogP contribution in [0.1, 0.15) is 68.3 Å². The Kier molecular flexibility index (Phi) is 13.6. The summed E-state index contributed by atoms with van der Waals surface area (Å²) in [6.45, 7) is 11.2. The lowest BCUT2D eigenvalue weighted by molar-refractivity contribution is -0.384. The Labute approximate surface area is 381 Å². The number of fused-ring (bicyclic) bond motifs is 1. The van der Waals surface area contributed by atoms with E-state index >= 15 is 0 Å². The van der Waals surface area contributed by atoms with E-state index in [1.165, 1.54) is 35.9 Å². The highest BCUT2D eigenvalue weighted by Gasteiger charge is 2.33. The van der Waals surface area contributed by atoms with Gasteiger partial charge in [-0.15, -0.1) is 13.2 Å². The minimum absolute atomic E-state index is 0.0362. The largest absolute Gasteiger partial charge is 0.573 e. The predicted octanol–water partition coefficient (Wildman–Crippen LogP) is 9.57. The third-order valence-corrected chi connectivity index (χ3v) is 14.0. The van der Waals surface area contributed by atoms with Gasteiger partial charge in [-0.05, 0) is 129 Å². The first kappa shape index (κ1) is 46.4. The Morgan fingerprint density at radius 3 is 2.39 bits per heavy atom. The standard InChI is InChI=1S/C48H54F3N7O7S/c1-47(2)19-17-34(40(31-47)33-9-12-36(13-10-33)65-48(49,50)51)32-56-25-27-57(28-26-56)35-11-15-39(45(29-35)64-44-8-5-7-41-38(44)18-21-53-41)46(59)54-66(62,63)37-14-16-42(43(30-37)58(60)61)52-20-6-24-55-22-3-4-23-55/h5,7-16,18,21,29-30,52-53H,3-4,6,17,19-20,22-28,31-32H2,1-2H3,(H,54,59). The zero-order valence-electron chi connectivity index (χ0n) is 37.0. The summed E-state index contributed by atoms with van der Waals surface area (Å²) in [5, 5.41) is 15.9. The van der Waals surface area contributed by atoms with Crippen molar-refractivity contribution in [1.29, 1.82) is 0 Å². The number of anilines is 2. The summed E-state index contributed by atoms with van der Waals surface area (Å²) in [7, 11) is -4.58. The summed E-state index contributed by atoms with van der Waals surface area (Å²) in [5.74, 6) is -0.679. The van der Waals surface area contributed by atoms with Gasteiger partial charge in [-0.1, -0.05) is 37.6 Å². The fraction of sp³-hybridized carbons (Fsp3) is 0.396. The molecule has 66 heavy (non-hydrogen) atoms. The van der Waals surface area contributed by atoms with Crippen LogP contribution in [-0.4, -0.2) is 99.3 Å². The van der Waals surface area contributed by atoms with E-state index in [2.05, 4.69) is 48.3 Å². The first-order chi connectivity index (χ1) is 31.5. The molecule has 18 heteroatoms. The maximum Gasteiger partial charge on any atom is 0.573 e. The number of alkyl halides is 3. The Hall–Kier alpha value is -6.11. The molecule has 2 saturated heterocycles. The van der Waals surface area contributed by atoms with Crippen LogP contribution in [0.4, 0.5) is 30.2 Å². The van der Waals surface area contributed by atoms with Crippen molar-refractivity contribution in [3.05, 3.63) is 118 Å². The summed E-state index contributed by atoms with van der Waals surface area (Å²) >= 11 is 0. The number of piperazine rings is 1. The molecule has 14 nitrogen and oxygen atoms in total. The zero-order chi connectivity index (χ0) is 46.6. The number of aromatic nitrogens is 1. The zero-order valence-corrected chi connectivity index (χ0v) is 37.8. The molecule has 1 amide bonds. The van der Waals surface area contributed by atoms with Gasteiger partial charge in [-0.2, -0.15) is 0 Å². The van der Waals surface area contributed by atoms with Crippen LogP contribution in [0.2, 0.25) is 0 Å². The molecule has 0 saturated carbocycles. The van der Waals surface area contributed by atoms with Crippen LogP contribution >= 0.6 is 0 Å². The van der Waals surface area contributed by atoms with E-state index in [9.17, 15) is 36.5 Å². The fourth-order valence-corrected chi connectivity index (χ4v) is 10.1. The number of allylic oxidation sites excluding steroid dienone is 1. The maximum absolute atomic E-state index is 14.0. The van der Waals surface area contributed by atoms with Crippen molar-refractivity contribution in [2.75, 3.05) is 69.1 Å². The topological polar surface area (TPSA) is 162 Å². The van der Waals surface area contributed by atoms with Crippen molar-refractivity contribution in [3.8, 4) is 17.2 Å². The van der Waals surface area contributed by atoms with E-state index in [-0.39, 0.29) is 28.2 Å². The highest BCUT2D eigenvalue weighted by atomic mass is 32.2. The summed E-state index contributed by atoms with van der Waals surface area (Å²) < 4.78 is 78.7. The van der Waals surface area contributed by atoms with Gasteiger partial charge >= 0.3 is 6.36 Å². The minimum atomic E-state index is -4.76. The number of halogens is 3. The fourth-order valence-electron chi connectivity index (χ4n) is 9.10. The van der Waals surface area contributed by atoms with Gasteiger partial charge in [0.15, 0.2) is 0 Å². The van der Waals surface area contributed by atoms with Gasteiger partial charge in [0.25, 0.3) is 21.6 Å². The molecule has 1 aromatic heterocycles. The number of nitro groups is 1. The smallest absolute Gasteiger partial charge is 0.456 e. The number of likely N-dealkylation sites (tertiary alicyclic amines) is 1. The van der Waals surface area contributed by atoms with Crippen LogP contribution in [0.15, 0.2) is 102 Å². The first-order valence-electron chi connectivity index (χ1n) is 22.2. The molecule has 5 aromatic rings. The number of carbonyl (C=O) groups excluding carboxylic acids is 1. The monoisotopic (exact) mass is 929 g/mol. The number of rotatable bonds is 16. The van der Waals surface area contributed by atoms with Crippen LogP contribution in [0.5, 0.6) is 17.2 Å². The van der Waals surface area contributed by atoms with Gasteiger partial charge in [0.2, 0.25) is 0 Å². The van der Waals surface area contributed by atoms with Crippen molar-refractivity contribution in [2.24, 2.45) is 5.41 Å². The molecular weight excluding hydrogens is 876 g/mol. The van der Waals surface area contributed by atoms with E-state index in [0.29, 0.717) is 45.0 Å². The highest BCUT2D eigenvalue weighted by Crippen LogP contribution is 2.44. The number of ether oxygens (including phenoxy) is 2. The first-order valence-corrected chi connectivity index (χ1v) is 23.7. The molecule has 8 rings (SSSR count). The quantitative estimate of drug-likeness (QED) is 0.0491. The number of nitrogens with one attached hydrogen (secondary N) is 3. The van der Waals surface area contributed by atoms with Crippen LogP contribution in [0.3, 0.4) is 0 Å². The van der Waals surface area contributed by atoms with Gasteiger partial charge in [0.05, 0.1) is 15.4 Å². The molecule has 0 radical (unpaired) electrons. The molecule has 2 fully saturated rings. The third-order valence-electron chi connectivity index (χ3n) is 12.6. The van der Waals surface area contributed by atoms with Gasteiger partial charge in [0, 0.05) is 74.2 Å². The number of sulfonamides is 1. The van der Waals surface area contributed by atoms with Gasteiger partial charge in [0.1, 0.15) is 22.9 Å². The second-order valence-electron chi connectivity index (χ2n) is 17.9. The van der Waals surface area contributed by atoms with Crippen molar-refractivity contribution < 1.29 is 40.8 Å². The van der Waals surface area contributed by atoms with Crippen LogP contribution in [0.25, 0.3) is 16.5 Å². The Bertz CT molecular complexity index is 2710. The number of aromatic amines is 1. The Morgan fingerprint density at radius 2 is 1.67 bits per heavy atom. The van der Waals surface area contributed by atoms with E-state index in [0.717, 1.165) is 92.0 Å². The molecule has 3 heterocycles. The summed E-state index contributed by atoms with van der Waals surface area (Å²) in [5.41, 5.74) is 4.59. The number of H-pyrrole nitrogens is 1. The normalized spacial score (nSPS) is 17.3. The van der Waals surface area contributed by atoms with Crippen LogP contribution in [0, 0.1) is 15.5 Å². The summed E-state index contributed by atoms with van der Waals surface area (Å²) in [6, 6.07) is 21.9. The van der Waals surface area contributed by atoms with Crippen molar-refractivity contribution in [2.45, 2.75) is 63.6 Å². The van der Waals surface area contributed by atoms with Crippen molar-refractivity contribution >= 4 is 49.5 Å². The maximum atomic E-state index is 14.0. The molecule has 0 unspecified atom stereocenters. The number of carbonyl (C=O) groups is 1. The van der Waals surface area contributed by atoms with E-state index in [1.807, 2.05) is 12.1 Å². The Balaban J connectivity index is 0.985. The second kappa shape index (κ2) is 19.4. The molecule has 0 atom stereocenters. The van der Waals surface area contributed by atoms with Gasteiger partial charge < -0.3 is 29.6 Å². The lowest BCUT2D eigenvalue weighted by Gasteiger charge is -2.39. The molecule has 350 valence electrons. The SMILES string of the molecule is CC1(C)CCC(CN2CCN(c3ccc(C(=O)NS(=O)(=O)c4ccc(NCCCN5CCCC5)c([N+](=O)[O-])c4)c(Oc4cccc5[nH]ccc45)c3)CC2)=C(c2ccc(OC(F)(F)F)cc2)C1. The van der Waals surface area contributed by atoms with Crippen LogP contribution < -0.4 is 24.4 Å². The van der Waals surface area contributed by atoms with Gasteiger partial charge in [-0.3, -0.25) is 19.8 Å². The molecule has 3 N–H and O–H groups in total. The van der Waals surface area contributed by atoms with Gasteiger partial charge in [-0.25, -0.2) is 13.1 Å². The second-order valence-corrected chi connectivity index (χ2v) is 19.6. The average molecular weight is 930 g/mol. The Morgan fingerprint density at radius 1 is 0.909 bits per heavy atom. The van der Waals surface area contributed by atoms with Crippen molar-refractivity contribution in [3.63, 3.8) is 0 Å². The molecule has 2 aliphatic heterocycles. The van der Waals surface area contributed by atoms with Crippen molar-refractivity contribution in [1.82, 2.24) is 19.5 Å². The summed E-state index contributed by atoms with van der Waals surface area (Å²) in [6.07, 6.45) is 2.74. The molecular formula is C48H54F3N7O7S. The van der Waals surface area contributed by atoms with E-state index in [1.54, 1.807) is 42.6 Å². The third kappa shape index (κ3) is 11.3.